The molecule has 3 aromatic heterocycles. The highest BCUT2D eigenvalue weighted by Crippen LogP contribution is 2.29. The number of thiazole rings is 1. The lowest BCUT2D eigenvalue weighted by Gasteiger charge is -2.11. The predicted octanol–water partition coefficient (Wildman–Crippen LogP) is 3.76. The van der Waals surface area contributed by atoms with Crippen LogP contribution in [0.15, 0.2) is 27.9 Å². The molecule has 0 aliphatic carbocycles. The molecule has 0 unspecified atom stereocenters. The number of thiophene rings is 1. The van der Waals surface area contributed by atoms with Crippen molar-refractivity contribution in [2.75, 3.05) is 6.54 Å². The Balaban J connectivity index is 0.00000320. The molecule has 3 aromatic rings. The van der Waals surface area contributed by atoms with Crippen molar-refractivity contribution >= 4 is 52.6 Å². The second-order valence-corrected chi connectivity index (χ2v) is 8.10. The molecule has 0 radical (unpaired) electrons. The molecule has 0 aliphatic heterocycles. The predicted molar refractivity (Wildman–Crippen MR) is 122 cm³/mol. The number of nitrogens with one attached hydrogen (secondary N) is 2. The van der Waals surface area contributed by atoms with Crippen molar-refractivity contribution in [1.29, 1.82) is 0 Å². The van der Waals surface area contributed by atoms with Crippen molar-refractivity contribution in [2.24, 2.45) is 12.0 Å². The number of aromatic nitrogens is 4. The summed E-state index contributed by atoms with van der Waals surface area (Å²) in [6.45, 7) is 2.91. The first-order valence-electron chi connectivity index (χ1n) is 8.74. The van der Waals surface area contributed by atoms with Gasteiger partial charge in [0, 0.05) is 23.8 Å². The maximum atomic E-state index is 12.7. The number of rotatable bonds is 7. The number of nitrogens with zero attached hydrogens (tertiary/aromatic N) is 5. The number of aryl methyl sites for hydroxylation is 1. The number of guanidine groups is 1. The van der Waals surface area contributed by atoms with Crippen LogP contribution in [0.4, 0.5) is 13.2 Å². The summed E-state index contributed by atoms with van der Waals surface area (Å²) in [5.41, 5.74) is -0.877. The molecule has 3 rings (SSSR count). The maximum absolute atomic E-state index is 12.7. The monoisotopic (exact) mass is 571 g/mol. The molecular weight excluding hydrogens is 550 g/mol. The molecule has 0 atom stereocenters. The van der Waals surface area contributed by atoms with Crippen LogP contribution in [0.25, 0.3) is 0 Å². The van der Waals surface area contributed by atoms with Crippen LogP contribution in [0.3, 0.4) is 0 Å². The largest absolute Gasteiger partial charge is 0.434 e. The SMILES string of the molecule is Cc1nnc(CN=C(NCCc2cccs2)NCc2nc(C(F)(F)F)cs2)n1C.I. The molecule has 2 N–H and O–H groups in total. The first-order chi connectivity index (χ1) is 13.8. The minimum Gasteiger partial charge on any atom is -0.356 e. The van der Waals surface area contributed by atoms with E-state index in [1.165, 1.54) is 4.88 Å². The summed E-state index contributed by atoms with van der Waals surface area (Å²) < 4.78 is 40.0. The van der Waals surface area contributed by atoms with Crippen LogP contribution >= 0.6 is 46.7 Å². The summed E-state index contributed by atoms with van der Waals surface area (Å²) in [5.74, 6) is 1.94. The fraction of sp³-hybridized carbons (Fsp3) is 0.412. The van der Waals surface area contributed by atoms with Crippen LogP contribution in [0.2, 0.25) is 0 Å². The highest BCUT2D eigenvalue weighted by atomic mass is 127. The third kappa shape index (κ3) is 6.91. The van der Waals surface area contributed by atoms with Gasteiger partial charge >= 0.3 is 6.18 Å². The second-order valence-electron chi connectivity index (χ2n) is 6.12. The average molecular weight is 571 g/mol. The Morgan fingerprint density at radius 2 is 2.03 bits per heavy atom. The van der Waals surface area contributed by atoms with Crippen LogP contribution < -0.4 is 10.6 Å². The van der Waals surface area contributed by atoms with E-state index in [9.17, 15) is 13.2 Å². The zero-order chi connectivity index (χ0) is 20.9. The van der Waals surface area contributed by atoms with Gasteiger partial charge < -0.3 is 15.2 Å². The highest BCUT2D eigenvalue weighted by molar-refractivity contribution is 14.0. The fourth-order valence-electron chi connectivity index (χ4n) is 2.35. The number of halogens is 4. The smallest absolute Gasteiger partial charge is 0.356 e. The van der Waals surface area contributed by atoms with Crippen LogP contribution in [-0.4, -0.2) is 32.3 Å². The standard InChI is InChI=1S/C17H20F3N7S2.HI/c1-11-25-26-14(27(11)2)8-22-16(21-6-5-12-4-3-7-28-12)23-9-15-24-13(10-29-15)17(18,19)20;/h3-4,7,10H,5-6,8-9H2,1-2H3,(H2,21,22,23);1H. The van der Waals surface area contributed by atoms with Gasteiger partial charge in [-0.15, -0.1) is 56.8 Å². The number of hydrogen-bond donors (Lipinski definition) is 2. The van der Waals surface area contributed by atoms with E-state index in [-0.39, 0.29) is 37.1 Å². The molecule has 164 valence electrons. The van der Waals surface area contributed by atoms with Crippen molar-refractivity contribution in [3.63, 3.8) is 0 Å². The van der Waals surface area contributed by atoms with Gasteiger partial charge in [0.25, 0.3) is 0 Å². The molecule has 0 saturated carbocycles. The van der Waals surface area contributed by atoms with Crippen LogP contribution in [0.5, 0.6) is 0 Å². The summed E-state index contributed by atoms with van der Waals surface area (Å²) in [6, 6.07) is 4.04. The van der Waals surface area contributed by atoms with Gasteiger partial charge in [-0.1, -0.05) is 6.07 Å². The van der Waals surface area contributed by atoms with E-state index >= 15 is 0 Å². The second kappa shape index (κ2) is 11.0. The minimum absolute atomic E-state index is 0. The molecular formula is C17H21F3IN7S2. The van der Waals surface area contributed by atoms with Gasteiger partial charge in [0.2, 0.25) is 0 Å². The Kier molecular flexibility index (Phi) is 9.03. The molecule has 0 saturated heterocycles. The topological polar surface area (TPSA) is 80.0 Å². The Hall–Kier alpha value is -1.74. The van der Waals surface area contributed by atoms with Crippen LogP contribution in [0.1, 0.15) is 27.2 Å². The summed E-state index contributed by atoms with van der Waals surface area (Å²) in [7, 11) is 1.85. The van der Waals surface area contributed by atoms with Gasteiger partial charge in [-0.3, -0.25) is 0 Å². The molecule has 13 heteroatoms. The van der Waals surface area contributed by atoms with E-state index in [4.69, 9.17) is 0 Å². The van der Waals surface area contributed by atoms with Gasteiger partial charge in [-0.25, -0.2) is 9.98 Å². The highest BCUT2D eigenvalue weighted by Gasteiger charge is 2.33. The van der Waals surface area contributed by atoms with E-state index in [0.717, 1.165) is 29.0 Å². The zero-order valence-corrected chi connectivity index (χ0v) is 20.2. The quantitative estimate of drug-likeness (QED) is 0.257. The summed E-state index contributed by atoms with van der Waals surface area (Å²) in [4.78, 5) is 9.35. The van der Waals surface area contributed by atoms with E-state index in [1.54, 1.807) is 11.3 Å². The summed E-state index contributed by atoms with van der Waals surface area (Å²) >= 11 is 2.63. The normalized spacial score (nSPS) is 12.0. The first kappa shape index (κ1) is 24.5. The molecule has 0 spiro atoms. The molecule has 0 aromatic carbocycles. The van der Waals surface area contributed by atoms with Crippen molar-refractivity contribution in [3.8, 4) is 0 Å². The van der Waals surface area contributed by atoms with Crippen molar-refractivity contribution in [1.82, 2.24) is 30.4 Å². The van der Waals surface area contributed by atoms with Crippen molar-refractivity contribution < 1.29 is 13.2 Å². The molecule has 0 bridgehead atoms. The van der Waals surface area contributed by atoms with Gasteiger partial charge in [0.15, 0.2) is 17.5 Å². The minimum atomic E-state index is -4.44. The molecule has 30 heavy (non-hydrogen) atoms. The van der Waals surface area contributed by atoms with Crippen LogP contribution in [-0.2, 0) is 32.7 Å². The fourth-order valence-corrected chi connectivity index (χ4v) is 3.80. The van der Waals surface area contributed by atoms with Gasteiger partial charge in [-0.05, 0) is 24.8 Å². The number of alkyl halides is 3. The molecule has 7 nitrogen and oxygen atoms in total. The number of hydrogen-bond acceptors (Lipinski definition) is 6. The molecule has 0 fully saturated rings. The van der Waals surface area contributed by atoms with Gasteiger partial charge in [0.05, 0.1) is 6.54 Å². The Morgan fingerprint density at radius 1 is 1.23 bits per heavy atom. The van der Waals surface area contributed by atoms with Crippen molar-refractivity contribution in [2.45, 2.75) is 32.6 Å². The van der Waals surface area contributed by atoms with Gasteiger partial charge in [0.1, 0.15) is 17.4 Å². The molecule has 0 amide bonds. The van der Waals surface area contributed by atoms with Crippen LogP contribution in [0, 0.1) is 6.92 Å². The Bertz CT molecular complexity index is 951. The third-order valence-corrected chi connectivity index (χ3v) is 5.84. The number of aliphatic imine (C=N–C) groups is 1. The average Bonchev–Trinajstić information content (AvgIpc) is 3.41. The third-order valence-electron chi connectivity index (χ3n) is 4.05. The van der Waals surface area contributed by atoms with E-state index in [1.807, 2.05) is 36.1 Å². The Morgan fingerprint density at radius 3 is 2.63 bits per heavy atom. The van der Waals surface area contributed by atoms with E-state index < -0.39 is 11.9 Å². The molecule has 0 aliphatic rings. The first-order valence-corrected chi connectivity index (χ1v) is 10.5. The van der Waals surface area contributed by atoms with Crippen molar-refractivity contribution in [3.05, 3.63) is 50.1 Å². The lowest BCUT2D eigenvalue weighted by molar-refractivity contribution is -0.140. The zero-order valence-electron chi connectivity index (χ0n) is 16.2. The van der Waals surface area contributed by atoms with Gasteiger partial charge in [-0.2, -0.15) is 13.2 Å². The Labute approximate surface area is 196 Å². The maximum Gasteiger partial charge on any atom is 0.434 e. The molecule has 3 heterocycles. The van der Waals surface area contributed by atoms with E-state index in [2.05, 4.69) is 30.8 Å². The lowest BCUT2D eigenvalue weighted by Crippen LogP contribution is -2.38. The lowest BCUT2D eigenvalue weighted by atomic mass is 10.3. The summed E-state index contributed by atoms with van der Waals surface area (Å²) in [6.07, 6.45) is -3.62. The van der Waals surface area contributed by atoms with E-state index in [0.29, 0.717) is 23.3 Å². The summed E-state index contributed by atoms with van der Waals surface area (Å²) in [5, 5.41) is 17.7.